The van der Waals surface area contributed by atoms with Gasteiger partial charge < -0.3 is 10.0 Å². The van der Waals surface area contributed by atoms with Gasteiger partial charge in [-0.2, -0.15) is 0 Å². The molecule has 0 saturated carbocycles. The lowest BCUT2D eigenvalue weighted by atomic mass is 9.95. The van der Waals surface area contributed by atoms with E-state index in [4.69, 9.17) is 28.3 Å². The minimum absolute atomic E-state index is 0.231. The van der Waals surface area contributed by atoms with Crippen molar-refractivity contribution in [1.29, 1.82) is 0 Å². The number of amides is 1. The summed E-state index contributed by atoms with van der Waals surface area (Å²) >= 11 is 11.9. The number of carbonyl (C=O) groups excluding carboxylic acids is 1. The van der Waals surface area contributed by atoms with Crippen LogP contribution in [0, 0.1) is 11.8 Å². The average Bonchev–Trinajstić information content (AvgIpc) is 2.39. The van der Waals surface area contributed by atoms with Crippen LogP contribution in [0.5, 0.6) is 0 Å². The highest BCUT2D eigenvalue weighted by Gasteiger charge is 2.28. The van der Waals surface area contributed by atoms with E-state index in [1.807, 2.05) is 0 Å². The molecule has 20 heavy (non-hydrogen) atoms. The molecular formula is C14H17Cl2NO3. The summed E-state index contributed by atoms with van der Waals surface area (Å²) in [6.07, 6.45) is 0. The zero-order valence-electron chi connectivity index (χ0n) is 11.6. The Morgan fingerprint density at radius 3 is 2.35 bits per heavy atom. The van der Waals surface area contributed by atoms with Crippen molar-refractivity contribution in [1.82, 2.24) is 4.90 Å². The fourth-order valence-corrected chi connectivity index (χ4v) is 2.23. The van der Waals surface area contributed by atoms with Crippen molar-refractivity contribution in [3.8, 4) is 0 Å². The van der Waals surface area contributed by atoms with Crippen molar-refractivity contribution in [2.24, 2.45) is 11.8 Å². The van der Waals surface area contributed by atoms with Gasteiger partial charge >= 0.3 is 5.97 Å². The molecule has 2 unspecified atom stereocenters. The molecule has 0 aliphatic carbocycles. The van der Waals surface area contributed by atoms with Crippen LogP contribution in [0.1, 0.15) is 19.4 Å². The first kappa shape index (κ1) is 16.8. The summed E-state index contributed by atoms with van der Waals surface area (Å²) < 4.78 is 0. The predicted octanol–water partition coefficient (Wildman–Crippen LogP) is 3.31. The van der Waals surface area contributed by atoms with E-state index in [1.54, 1.807) is 32.2 Å². The lowest BCUT2D eigenvalue weighted by molar-refractivity contribution is -0.148. The molecule has 0 fully saturated rings. The van der Waals surface area contributed by atoms with Crippen molar-refractivity contribution in [2.75, 3.05) is 7.05 Å². The summed E-state index contributed by atoms with van der Waals surface area (Å²) in [5, 5.41) is 9.95. The van der Waals surface area contributed by atoms with Gasteiger partial charge in [0.25, 0.3) is 0 Å². The maximum atomic E-state index is 12.2. The van der Waals surface area contributed by atoms with Crippen LogP contribution in [-0.2, 0) is 16.1 Å². The molecule has 110 valence electrons. The van der Waals surface area contributed by atoms with Crippen molar-refractivity contribution in [2.45, 2.75) is 20.4 Å². The number of rotatable bonds is 5. The topological polar surface area (TPSA) is 57.6 Å². The lowest BCUT2D eigenvalue weighted by Gasteiger charge is -2.24. The van der Waals surface area contributed by atoms with Gasteiger partial charge in [-0.15, -0.1) is 0 Å². The zero-order valence-corrected chi connectivity index (χ0v) is 13.1. The minimum atomic E-state index is -0.983. The third kappa shape index (κ3) is 4.12. The molecule has 1 rings (SSSR count). The molecule has 0 saturated heterocycles. The van der Waals surface area contributed by atoms with E-state index >= 15 is 0 Å². The summed E-state index contributed by atoms with van der Waals surface area (Å²) in [6.45, 7) is 3.45. The SMILES string of the molecule is CC(C(=O)O)C(C)C(=O)N(C)Cc1ccc(Cl)cc1Cl. The van der Waals surface area contributed by atoms with Crippen LogP contribution in [0.25, 0.3) is 0 Å². The number of benzene rings is 1. The van der Waals surface area contributed by atoms with Gasteiger partial charge in [-0.3, -0.25) is 9.59 Å². The average molecular weight is 318 g/mol. The van der Waals surface area contributed by atoms with Gasteiger partial charge in [-0.25, -0.2) is 0 Å². The smallest absolute Gasteiger partial charge is 0.307 e. The number of hydrogen-bond donors (Lipinski definition) is 1. The fraction of sp³-hybridized carbons (Fsp3) is 0.429. The van der Waals surface area contributed by atoms with E-state index in [2.05, 4.69) is 0 Å². The number of nitrogens with zero attached hydrogens (tertiary/aromatic N) is 1. The van der Waals surface area contributed by atoms with Gasteiger partial charge in [0.1, 0.15) is 0 Å². The molecule has 0 spiro atoms. The van der Waals surface area contributed by atoms with E-state index in [9.17, 15) is 9.59 Å². The second-order valence-electron chi connectivity index (χ2n) is 4.85. The maximum absolute atomic E-state index is 12.2. The van der Waals surface area contributed by atoms with E-state index in [1.165, 1.54) is 11.8 Å². The molecule has 6 heteroatoms. The Hall–Kier alpha value is -1.26. The van der Waals surface area contributed by atoms with Crippen LogP contribution in [0.15, 0.2) is 18.2 Å². The summed E-state index contributed by atoms with van der Waals surface area (Å²) in [7, 11) is 1.62. The molecule has 1 aromatic carbocycles. The summed E-state index contributed by atoms with van der Waals surface area (Å²) in [5.74, 6) is -2.54. The van der Waals surface area contributed by atoms with Crippen LogP contribution in [0.2, 0.25) is 10.0 Å². The largest absolute Gasteiger partial charge is 0.481 e. The lowest BCUT2D eigenvalue weighted by Crippen LogP contribution is -2.36. The monoisotopic (exact) mass is 317 g/mol. The Morgan fingerprint density at radius 2 is 1.85 bits per heavy atom. The van der Waals surface area contributed by atoms with E-state index < -0.39 is 17.8 Å². The Kier molecular flexibility index (Phi) is 5.84. The molecule has 0 aromatic heterocycles. The molecule has 1 amide bonds. The molecule has 0 heterocycles. The van der Waals surface area contributed by atoms with Crippen LogP contribution < -0.4 is 0 Å². The Labute approximate surface area is 128 Å². The Morgan fingerprint density at radius 1 is 1.25 bits per heavy atom. The molecule has 1 N–H and O–H groups in total. The second kappa shape index (κ2) is 6.95. The summed E-state index contributed by atoms with van der Waals surface area (Å²) in [6, 6.07) is 5.06. The number of carbonyl (C=O) groups is 2. The number of halogens is 2. The highest BCUT2D eigenvalue weighted by Crippen LogP contribution is 2.23. The number of hydrogen-bond acceptors (Lipinski definition) is 2. The van der Waals surface area contributed by atoms with Crippen LogP contribution in [-0.4, -0.2) is 28.9 Å². The van der Waals surface area contributed by atoms with Gasteiger partial charge in [-0.1, -0.05) is 43.1 Å². The highest BCUT2D eigenvalue weighted by atomic mass is 35.5. The molecule has 0 bridgehead atoms. The quantitative estimate of drug-likeness (QED) is 0.906. The van der Waals surface area contributed by atoms with Gasteiger partial charge in [-0.05, 0) is 17.7 Å². The van der Waals surface area contributed by atoms with Gasteiger partial charge in [0.15, 0.2) is 0 Å². The van der Waals surface area contributed by atoms with Crippen LogP contribution in [0.3, 0.4) is 0 Å². The standard InChI is InChI=1S/C14H17Cl2NO3/c1-8(9(2)14(19)20)13(18)17(3)7-10-4-5-11(15)6-12(10)16/h4-6,8-9H,7H2,1-3H3,(H,19,20). The van der Waals surface area contributed by atoms with Gasteiger partial charge in [0.2, 0.25) is 5.91 Å². The Bertz CT molecular complexity index is 519. The van der Waals surface area contributed by atoms with E-state index in [0.29, 0.717) is 16.6 Å². The van der Waals surface area contributed by atoms with Crippen molar-refractivity contribution >= 4 is 35.1 Å². The first-order valence-corrected chi connectivity index (χ1v) is 6.91. The molecule has 4 nitrogen and oxygen atoms in total. The molecule has 2 atom stereocenters. The normalized spacial score (nSPS) is 13.7. The summed E-state index contributed by atoms with van der Waals surface area (Å²) in [4.78, 5) is 24.5. The predicted molar refractivity (Wildman–Crippen MR) is 78.9 cm³/mol. The zero-order chi connectivity index (χ0) is 15.4. The second-order valence-corrected chi connectivity index (χ2v) is 5.69. The number of carboxylic acid groups (broad SMARTS) is 1. The fourth-order valence-electron chi connectivity index (χ4n) is 1.76. The molecule has 1 aromatic rings. The molecular weight excluding hydrogens is 301 g/mol. The third-order valence-corrected chi connectivity index (χ3v) is 3.91. The molecule has 0 aliphatic heterocycles. The molecule has 0 aliphatic rings. The minimum Gasteiger partial charge on any atom is -0.481 e. The number of carboxylic acids is 1. The van der Waals surface area contributed by atoms with Gasteiger partial charge in [0.05, 0.1) is 5.92 Å². The maximum Gasteiger partial charge on any atom is 0.307 e. The molecule has 0 radical (unpaired) electrons. The first-order chi connectivity index (χ1) is 9.23. The van der Waals surface area contributed by atoms with Crippen LogP contribution in [0.4, 0.5) is 0 Å². The van der Waals surface area contributed by atoms with Crippen molar-refractivity contribution in [3.63, 3.8) is 0 Å². The third-order valence-electron chi connectivity index (χ3n) is 3.33. The van der Waals surface area contributed by atoms with Crippen LogP contribution >= 0.6 is 23.2 Å². The van der Waals surface area contributed by atoms with Crippen molar-refractivity contribution < 1.29 is 14.7 Å². The summed E-state index contributed by atoms with van der Waals surface area (Å²) in [5.41, 5.74) is 0.766. The number of aliphatic carboxylic acids is 1. The van der Waals surface area contributed by atoms with E-state index in [-0.39, 0.29) is 5.91 Å². The highest BCUT2D eigenvalue weighted by molar-refractivity contribution is 6.35. The Balaban J connectivity index is 2.77. The first-order valence-electron chi connectivity index (χ1n) is 6.15. The van der Waals surface area contributed by atoms with Crippen molar-refractivity contribution in [3.05, 3.63) is 33.8 Å². The van der Waals surface area contributed by atoms with E-state index in [0.717, 1.165) is 5.56 Å². The van der Waals surface area contributed by atoms with Gasteiger partial charge in [0, 0.05) is 29.6 Å².